The Hall–Kier alpha value is -4.75. The van der Waals surface area contributed by atoms with Crippen molar-refractivity contribution >= 4 is 41.0 Å². The lowest BCUT2D eigenvalue weighted by Gasteiger charge is -2.24. The number of fused-ring (bicyclic) bond motifs is 1. The predicted octanol–water partition coefficient (Wildman–Crippen LogP) is 2.33. The molecule has 3 aromatic rings. The molecule has 1 aromatic carbocycles. The quantitative estimate of drug-likeness (QED) is 0.385. The van der Waals surface area contributed by atoms with Crippen molar-refractivity contribution in [2.75, 3.05) is 18.4 Å². The number of benzene rings is 1. The van der Waals surface area contributed by atoms with Gasteiger partial charge < -0.3 is 29.4 Å². The van der Waals surface area contributed by atoms with Gasteiger partial charge in [0.05, 0.1) is 12.4 Å². The van der Waals surface area contributed by atoms with Crippen LogP contribution in [0.25, 0.3) is 11.2 Å². The van der Waals surface area contributed by atoms with Crippen molar-refractivity contribution in [3.05, 3.63) is 48.5 Å². The summed E-state index contributed by atoms with van der Waals surface area (Å²) in [6.45, 7) is 4.66. The number of alkyl carbamates (subject to hydrolysis) is 1. The molecule has 0 saturated carbocycles. The largest absolute Gasteiger partial charge is 0.480 e. The third-order valence-electron chi connectivity index (χ3n) is 5.82. The van der Waals surface area contributed by atoms with Crippen LogP contribution in [-0.4, -0.2) is 78.3 Å². The summed E-state index contributed by atoms with van der Waals surface area (Å²) in [5, 5.41) is 14.5. The highest BCUT2D eigenvalue weighted by Crippen LogP contribution is 2.31. The molecule has 0 spiro atoms. The van der Waals surface area contributed by atoms with Gasteiger partial charge in [0.1, 0.15) is 31.1 Å². The van der Waals surface area contributed by atoms with Gasteiger partial charge in [-0.3, -0.25) is 14.9 Å². The summed E-state index contributed by atoms with van der Waals surface area (Å²) >= 11 is 0. The molecule has 0 bridgehead atoms. The Kier molecular flexibility index (Phi) is 7.93. The van der Waals surface area contributed by atoms with Gasteiger partial charge in [-0.1, -0.05) is 30.3 Å². The summed E-state index contributed by atoms with van der Waals surface area (Å²) in [7, 11) is 0. The molecule has 3 heterocycles. The molecule has 206 valence electrons. The maximum absolute atomic E-state index is 13.3. The van der Waals surface area contributed by atoms with Crippen LogP contribution in [-0.2, 0) is 25.7 Å². The number of ether oxygens (including phenoxy) is 2. The van der Waals surface area contributed by atoms with Crippen molar-refractivity contribution in [2.24, 2.45) is 0 Å². The number of carboxylic acids is 1. The van der Waals surface area contributed by atoms with E-state index in [1.165, 1.54) is 22.1 Å². The molecule has 14 nitrogen and oxygen atoms in total. The number of anilines is 1. The van der Waals surface area contributed by atoms with Gasteiger partial charge in [-0.2, -0.15) is 0 Å². The number of carboxylic acid groups (broad SMARTS) is 1. The summed E-state index contributed by atoms with van der Waals surface area (Å²) < 4.78 is 12.0. The number of aliphatic carboxylic acids is 1. The number of rotatable bonds is 8. The number of hydrogen-bond acceptors (Lipinski definition) is 9. The molecule has 4 rings (SSSR count). The summed E-state index contributed by atoms with van der Waals surface area (Å²) in [5.41, 5.74) is 0.583. The molecule has 3 amide bonds. The molecule has 39 heavy (non-hydrogen) atoms. The Morgan fingerprint density at radius 1 is 1.10 bits per heavy atom. The first-order chi connectivity index (χ1) is 18.5. The molecule has 2 atom stereocenters. The SMILES string of the molecule is CC(C)(C)OC(=O)NC[C@@H]1C[C@H](n2cnc3c(NC(=O)OCc4ccccc4)ncnc32)C(=O)N1CC(=O)O. The van der Waals surface area contributed by atoms with Gasteiger partial charge in [-0.25, -0.2) is 24.5 Å². The molecule has 2 aromatic heterocycles. The third kappa shape index (κ3) is 6.77. The number of nitrogens with one attached hydrogen (secondary N) is 2. The van der Waals surface area contributed by atoms with Crippen molar-refractivity contribution in [1.82, 2.24) is 29.7 Å². The van der Waals surface area contributed by atoms with Crippen LogP contribution in [0.1, 0.15) is 38.8 Å². The Morgan fingerprint density at radius 3 is 2.54 bits per heavy atom. The second-order valence-electron chi connectivity index (χ2n) is 9.88. The molecule has 0 radical (unpaired) electrons. The first kappa shape index (κ1) is 27.3. The summed E-state index contributed by atoms with van der Waals surface area (Å²) in [6, 6.07) is 7.70. The number of hydrogen-bond donors (Lipinski definition) is 3. The fraction of sp³-hybridized carbons (Fsp3) is 0.400. The van der Waals surface area contributed by atoms with Crippen LogP contribution in [0.4, 0.5) is 15.4 Å². The topological polar surface area (TPSA) is 178 Å². The first-order valence-corrected chi connectivity index (χ1v) is 12.2. The van der Waals surface area contributed by atoms with Gasteiger partial charge >= 0.3 is 18.2 Å². The average molecular weight is 540 g/mol. The fourth-order valence-electron chi connectivity index (χ4n) is 4.18. The minimum absolute atomic E-state index is 0.00783. The van der Waals surface area contributed by atoms with E-state index in [1.807, 2.05) is 30.3 Å². The second-order valence-corrected chi connectivity index (χ2v) is 9.88. The van der Waals surface area contributed by atoms with Gasteiger partial charge in [0.25, 0.3) is 0 Å². The number of nitrogens with zero attached hydrogens (tertiary/aromatic N) is 5. The van der Waals surface area contributed by atoms with Gasteiger partial charge in [-0.15, -0.1) is 0 Å². The summed E-state index contributed by atoms with van der Waals surface area (Å²) in [4.78, 5) is 63.0. The second kappa shape index (κ2) is 11.3. The van der Waals surface area contributed by atoms with Crippen LogP contribution < -0.4 is 10.6 Å². The van der Waals surface area contributed by atoms with E-state index in [4.69, 9.17) is 9.47 Å². The molecule has 0 aliphatic carbocycles. The van der Waals surface area contributed by atoms with Crippen molar-refractivity contribution in [2.45, 2.75) is 51.5 Å². The van der Waals surface area contributed by atoms with Gasteiger partial charge in [-0.05, 0) is 32.8 Å². The molecule has 1 fully saturated rings. The van der Waals surface area contributed by atoms with E-state index in [2.05, 4.69) is 25.6 Å². The molecule has 1 aliphatic rings. The van der Waals surface area contributed by atoms with E-state index >= 15 is 0 Å². The van der Waals surface area contributed by atoms with Crippen LogP contribution in [0.2, 0.25) is 0 Å². The number of carbonyl (C=O) groups is 4. The van der Waals surface area contributed by atoms with Gasteiger partial charge in [0, 0.05) is 6.54 Å². The monoisotopic (exact) mass is 539 g/mol. The predicted molar refractivity (Wildman–Crippen MR) is 137 cm³/mol. The van der Waals surface area contributed by atoms with E-state index in [9.17, 15) is 24.3 Å². The molecular weight excluding hydrogens is 510 g/mol. The standard InChI is InChI=1S/C25H29N7O7/c1-25(2,3)39-23(36)26-10-16-9-17(22(35)31(16)11-18(33)34)32-14-29-19-20(27-13-28-21(19)32)30-24(37)38-12-15-7-5-4-6-8-15/h4-8,13-14,16-17H,9-12H2,1-3H3,(H,26,36)(H,33,34)(H,27,28,30,37)/t16-,17-/m0/s1. The smallest absolute Gasteiger partial charge is 0.413 e. The fourth-order valence-corrected chi connectivity index (χ4v) is 4.18. The number of likely N-dealkylation sites (tertiary alicyclic amines) is 1. The van der Waals surface area contributed by atoms with Gasteiger partial charge in [0.2, 0.25) is 5.91 Å². The number of aromatic nitrogens is 4. The first-order valence-electron chi connectivity index (χ1n) is 12.2. The Bertz CT molecular complexity index is 1370. The normalized spacial score (nSPS) is 17.2. The minimum Gasteiger partial charge on any atom is -0.480 e. The highest BCUT2D eigenvalue weighted by Gasteiger charge is 2.42. The Morgan fingerprint density at radius 2 is 1.85 bits per heavy atom. The lowest BCUT2D eigenvalue weighted by Crippen LogP contribution is -2.45. The number of amides is 3. The molecule has 14 heteroatoms. The van der Waals surface area contributed by atoms with Crippen LogP contribution in [0.3, 0.4) is 0 Å². The molecule has 0 unspecified atom stereocenters. The zero-order valence-corrected chi connectivity index (χ0v) is 21.7. The van der Waals surface area contributed by atoms with Crippen LogP contribution >= 0.6 is 0 Å². The Balaban J connectivity index is 1.49. The van der Waals surface area contributed by atoms with E-state index in [1.54, 1.807) is 20.8 Å². The summed E-state index contributed by atoms with van der Waals surface area (Å²) in [6.07, 6.45) is 1.35. The zero-order valence-electron chi connectivity index (χ0n) is 21.7. The van der Waals surface area contributed by atoms with Gasteiger partial charge in [0.15, 0.2) is 17.0 Å². The number of imidazole rings is 1. The van der Waals surface area contributed by atoms with Crippen molar-refractivity contribution in [1.29, 1.82) is 0 Å². The molecule has 1 saturated heterocycles. The Labute approximate surface area is 223 Å². The number of carbonyl (C=O) groups excluding carboxylic acids is 3. The molecule has 3 N–H and O–H groups in total. The average Bonchev–Trinajstić information content (AvgIpc) is 3.42. The highest BCUT2D eigenvalue weighted by molar-refractivity contribution is 5.94. The van der Waals surface area contributed by atoms with Crippen molar-refractivity contribution < 1.29 is 33.8 Å². The van der Waals surface area contributed by atoms with E-state index in [0.717, 1.165) is 5.56 Å². The van der Waals surface area contributed by atoms with E-state index in [0.29, 0.717) is 0 Å². The van der Waals surface area contributed by atoms with E-state index < -0.39 is 48.3 Å². The lowest BCUT2D eigenvalue weighted by molar-refractivity contribution is -0.144. The summed E-state index contributed by atoms with van der Waals surface area (Å²) in [5.74, 6) is -1.57. The van der Waals surface area contributed by atoms with E-state index in [-0.39, 0.29) is 36.6 Å². The van der Waals surface area contributed by atoms with Crippen molar-refractivity contribution in [3.8, 4) is 0 Å². The lowest BCUT2D eigenvalue weighted by atomic mass is 10.1. The maximum atomic E-state index is 13.3. The van der Waals surface area contributed by atoms with Crippen LogP contribution in [0, 0.1) is 0 Å². The maximum Gasteiger partial charge on any atom is 0.413 e. The zero-order chi connectivity index (χ0) is 28.2. The van der Waals surface area contributed by atoms with Crippen molar-refractivity contribution in [3.63, 3.8) is 0 Å². The van der Waals surface area contributed by atoms with Crippen LogP contribution in [0.15, 0.2) is 43.0 Å². The van der Waals surface area contributed by atoms with Crippen LogP contribution in [0.5, 0.6) is 0 Å². The molecular formula is C25H29N7O7. The third-order valence-corrected chi connectivity index (χ3v) is 5.82. The minimum atomic E-state index is -1.19. The highest BCUT2D eigenvalue weighted by atomic mass is 16.6. The molecule has 1 aliphatic heterocycles.